The van der Waals surface area contributed by atoms with Gasteiger partial charge in [-0.25, -0.2) is 18.8 Å². The van der Waals surface area contributed by atoms with Gasteiger partial charge in [-0.15, -0.1) is 0 Å². The molecule has 0 aromatic heterocycles. The maximum Gasteiger partial charge on any atom is 0.420 e. The second kappa shape index (κ2) is 12.3. The third kappa shape index (κ3) is 6.71. The van der Waals surface area contributed by atoms with Gasteiger partial charge >= 0.3 is 6.18 Å². The van der Waals surface area contributed by atoms with Gasteiger partial charge in [-0.3, -0.25) is 4.84 Å². The average molecular weight is 587 g/mol. The fraction of sp³-hybridized carbons (Fsp3) is 0.438. The summed E-state index contributed by atoms with van der Waals surface area (Å²) in [5.74, 6) is -2.41. The summed E-state index contributed by atoms with van der Waals surface area (Å²) in [6, 6.07) is 14.5. The minimum Gasteiger partial charge on any atom is -0.365 e. The van der Waals surface area contributed by atoms with E-state index < -0.39 is 23.7 Å². The Hall–Kier alpha value is -3.62. The third-order valence-electron chi connectivity index (χ3n) is 7.90. The van der Waals surface area contributed by atoms with Gasteiger partial charge in [-0.05, 0) is 48.1 Å². The Morgan fingerprint density at radius 1 is 1.14 bits per heavy atom. The molecule has 0 bridgehead atoms. The number of nitrogens with zero attached hydrogens (tertiary/aromatic N) is 3. The molecule has 5 nitrogen and oxygen atoms in total. The quantitative estimate of drug-likeness (QED) is 0.249. The largest absolute Gasteiger partial charge is 0.420 e. The molecule has 0 amide bonds. The van der Waals surface area contributed by atoms with Crippen LogP contribution in [0.1, 0.15) is 69.0 Å². The molecule has 3 heterocycles. The van der Waals surface area contributed by atoms with Crippen LogP contribution >= 0.6 is 0 Å². The predicted molar refractivity (Wildman–Crippen MR) is 155 cm³/mol. The molecule has 0 spiro atoms. The predicted octanol–water partition coefficient (Wildman–Crippen LogP) is 8.51. The molecule has 10 heteroatoms. The highest BCUT2D eigenvalue weighted by atomic mass is 19.4. The fourth-order valence-corrected chi connectivity index (χ4v) is 5.76. The van der Waals surface area contributed by atoms with E-state index in [1.165, 1.54) is 11.1 Å². The van der Waals surface area contributed by atoms with Gasteiger partial charge in [0.05, 0.1) is 19.2 Å². The molecule has 5 rings (SSSR count). The van der Waals surface area contributed by atoms with Crippen LogP contribution in [-0.4, -0.2) is 42.7 Å². The van der Waals surface area contributed by atoms with Crippen LogP contribution in [-0.2, 0) is 4.84 Å². The summed E-state index contributed by atoms with van der Waals surface area (Å²) in [6.07, 6.45) is 0.517. The summed E-state index contributed by atoms with van der Waals surface area (Å²) < 4.78 is 71.0. The van der Waals surface area contributed by atoms with Gasteiger partial charge < -0.3 is 10.2 Å². The lowest BCUT2D eigenvalue weighted by molar-refractivity contribution is -0.123. The highest BCUT2D eigenvalue weighted by molar-refractivity contribution is 6.04. The van der Waals surface area contributed by atoms with Crippen molar-refractivity contribution < 1.29 is 26.8 Å². The summed E-state index contributed by atoms with van der Waals surface area (Å²) in [6.45, 7) is 4.30. The second-order valence-electron chi connectivity index (χ2n) is 10.9. The van der Waals surface area contributed by atoms with Crippen LogP contribution in [0.5, 0.6) is 0 Å². The minimum atomic E-state index is -4.70. The standard InChI is InChI=1S/C32H35F5N4O/c1-3-8-22(4-2)24-17-25(19-26(18-24)40-15-14-31(33,34)21-40)39-30-12-11-29(27(20-38-30)32(35,36)37)41-28(13-16-42-41)23-9-6-5-7-10-23/h5-7,9-10,12,17-20,22,28H,3-4,8,13-16,21H2,1-2H3,(H,38,39)/t22?,28-/m0/s1. The number of aliphatic imine (C=N–C) groups is 1. The number of hydrogen-bond donors (Lipinski definition) is 1. The summed E-state index contributed by atoms with van der Waals surface area (Å²) in [4.78, 5) is 11.5. The normalized spacial score (nSPS) is 21.1. The van der Waals surface area contributed by atoms with E-state index in [4.69, 9.17) is 4.84 Å². The molecular weight excluding hydrogens is 551 g/mol. The van der Waals surface area contributed by atoms with E-state index in [9.17, 15) is 22.0 Å². The van der Waals surface area contributed by atoms with Crippen LogP contribution in [0.15, 0.2) is 82.8 Å². The van der Waals surface area contributed by atoms with Crippen LogP contribution in [0.3, 0.4) is 0 Å². The maximum atomic E-state index is 14.3. The maximum absolute atomic E-state index is 14.3. The molecule has 2 aromatic rings. The zero-order chi connectivity index (χ0) is 29.9. The summed E-state index contributed by atoms with van der Waals surface area (Å²) in [7, 11) is 0. The SMILES string of the molecule is CCCC(CC)c1cc(NC2=NC=C(C(F)(F)F)C(N3OCC[C@H]3c3ccccc3)=C=C2)cc(N2CCC(F)(F)C2)c1. The Morgan fingerprint density at radius 3 is 2.60 bits per heavy atom. The van der Waals surface area contributed by atoms with Gasteiger partial charge in [0.15, 0.2) is 0 Å². The Balaban J connectivity index is 1.50. The first-order valence-corrected chi connectivity index (χ1v) is 14.4. The van der Waals surface area contributed by atoms with Crippen molar-refractivity contribution >= 4 is 17.2 Å². The molecule has 0 aliphatic carbocycles. The van der Waals surface area contributed by atoms with E-state index in [0.717, 1.165) is 36.6 Å². The molecule has 1 unspecified atom stereocenters. The highest BCUT2D eigenvalue weighted by Gasteiger charge is 2.42. The number of rotatable bonds is 8. The van der Waals surface area contributed by atoms with Crippen LogP contribution in [0.2, 0.25) is 0 Å². The van der Waals surface area contributed by atoms with E-state index in [1.807, 2.05) is 42.5 Å². The van der Waals surface area contributed by atoms with Crippen LogP contribution < -0.4 is 10.2 Å². The first-order chi connectivity index (χ1) is 20.1. The van der Waals surface area contributed by atoms with Crippen molar-refractivity contribution in [1.82, 2.24) is 5.06 Å². The zero-order valence-electron chi connectivity index (χ0n) is 23.7. The molecular formula is C32H35F5N4O. The Bertz CT molecular complexity index is 1400. The van der Waals surface area contributed by atoms with Gasteiger partial charge in [-0.2, -0.15) is 13.2 Å². The summed E-state index contributed by atoms with van der Waals surface area (Å²) in [5, 5.41) is 4.40. The Kier molecular flexibility index (Phi) is 8.76. The number of anilines is 2. The number of benzene rings is 2. The van der Waals surface area contributed by atoms with E-state index in [-0.39, 0.29) is 43.6 Å². The van der Waals surface area contributed by atoms with E-state index in [0.29, 0.717) is 17.8 Å². The van der Waals surface area contributed by atoms with E-state index >= 15 is 0 Å². The van der Waals surface area contributed by atoms with Crippen molar-refractivity contribution in [3.63, 3.8) is 0 Å². The van der Waals surface area contributed by atoms with Gasteiger partial charge in [0.1, 0.15) is 17.1 Å². The summed E-state index contributed by atoms with van der Waals surface area (Å²) >= 11 is 0. The van der Waals surface area contributed by atoms with E-state index in [1.54, 1.807) is 11.0 Å². The lowest BCUT2D eigenvalue weighted by Crippen LogP contribution is -2.27. The second-order valence-corrected chi connectivity index (χ2v) is 10.9. The van der Waals surface area contributed by atoms with Crippen molar-refractivity contribution in [2.75, 3.05) is 29.9 Å². The van der Waals surface area contributed by atoms with Crippen molar-refractivity contribution in [2.24, 2.45) is 4.99 Å². The van der Waals surface area contributed by atoms with E-state index in [2.05, 4.69) is 29.9 Å². The number of alkyl halides is 5. The molecule has 3 aliphatic rings. The van der Waals surface area contributed by atoms with Crippen molar-refractivity contribution in [3.05, 3.63) is 88.9 Å². The zero-order valence-corrected chi connectivity index (χ0v) is 23.7. The molecule has 2 aromatic carbocycles. The lowest BCUT2D eigenvalue weighted by Gasteiger charge is -2.27. The molecule has 3 aliphatic heterocycles. The van der Waals surface area contributed by atoms with Crippen LogP contribution in [0.25, 0.3) is 0 Å². The number of hydrogen-bond acceptors (Lipinski definition) is 5. The van der Waals surface area contributed by atoms with Gasteiger partial charge in [0, 0.05) is 43.0 Å². The Labute approximate surface area is 243 Å². The average Bonchev–Trinajstić information content (AvgIpc) is 3.53. The van der Waals surface area contributed by atoms with Crippen LogP contribution in [0, 0.1) is 0 Å². The number of nitrogens with one attached hydrogen (secondary N) is 1. The third-order valence-corrected chi connectivity index (χ3v) is 7.90. The van der Waals surface area contributed by atoms with Crippen molar-refractivity contribution in [1.29, 1.82) is 0 Å². The highest BCUT2D eigenvalue weighted by Crippen LogP contribution is 2.41. The number of halogens is 5. The lowest BCUT2D eigenvalue weighted by atomic mass is 9.91. The van der Waals surface area contributed by atoms with Gasteiger partial charge in [-0.1, -0.05) is 56.3 Å². The van der Waals surface area contributed by atoms with Gasteiger partial charge in [0.25, 0.3) is 5.92 Å². The van der Waals surface area contributed by atoms with Crippen molar-refractivity contribution in [3.8, 4) is 0 Å². The molecule has 2 fully saturated rings. The molecule has 0 radical (unpaired) electrons. The monoisotopic (exact) mass is 586 g/mol. The topological polar surface area (TPSA) is 40.1 Å². The number of hydroxylamine groups is 2. The summed E-state index contributed by atoms with van der Waals surface area (Å²) in [5.41, 5.74) is 4.62. The molecule has 2 saturated heterocycles. The molecule has 42 heavy (non-hydrogen) atoms. The molecule has 1 N–H and O–H groups in total. The first kappa shape index (κ1) is 29.9. The van der Waals surface area contributed by atoms with Gasteiger partial charge in [0.2, 0.25) is 0 Å². The minimum absolute atomic E-state index is 0.139. The molecule has 2 atom stereocenters. The molecule has 224 valence electrons. The van der Waals surface area contributed by atoms with Crippen molar-refractivity contribution in [2.45, 2.75) is 70.0 Å². The number of amidine groups is 1. The fourth-order valence-electron chi connectivity index (χ4n) is 5.76. The Morgan fingerprint density at radius 2 is 1.93 bits per heavy atom. The molecule has 0 saturated carbocycles. The smallest absolute Gasteiger partial charge is 0.365 e. The first-order valence-electron chi connectivity index (χ1n) is 14.4. The van der Waals surface area contributed by atoms with Crippen LogP contribution in [0.4, 0.5) is 33.3 Å².